The van der Waals surface area contributed by atoms with E-state index in [1.807, 2.05) is 12.1 Å². The molecule has 1 heterocycles. The highest BCUT2D eigenvalue weighted by atomic mass is 16.5. The summed E-state index contributed by atoms with van der Waals surface area (Å²) < 4.78 is 6.62. The number of ether oxygens (including phenoxy) is 1. The monoisotopic (exact) mass is 398 g/mol. The zero-order chi connectivity index (χ0) is 20.9. The minimum atomic E-state index is -0.893. The Bertz CT molecular complexity index is 1240. The van der Waals surface area contributed by atoms with Crippen molar-refractivity contribution in [2.45, 2.75) is 51.0 Å². The molecular formula is C27H26O3. The third kappa shape index (κ3) is 1.98. The normalized spacial score (nSPS) is 30.2. The smallest absolute Gasteiger partial charge is 0.335 e. The molecule has 3 unspecified atom stereocenters. The van der Waals surface area contributed by atoms with Crippen LogP contribution in [0.1, 0.15) is 56.0 Å². The second-order valence-corrected chi connectivity index (χ2v) is 10.2. The number of rotatable bonds is 2. The van der Waals surface area contributed by atoms with Crippen LogP contribution in [-0.4, -0.2) is 16.7 Å². The van der Waals surface area contributed by atoms with E-state index >= 15 is 0 Å². The number of carboxylic acid groups (broad SMARTS) is 1. The van der Waals surface area contributed by atoms with Crippen LogP contribution < -0.4 is 4.74 Å². The number of hydrogen-bond donors (Lipinski definition) is 1. The van der Waals surface area contributed by atoms with Gasteiger partial charge in [-0.1, -0.05) is 38.1 Å². The van der Waals surface area contributed by atoms with Crippen LogP contribution in [0.25, 0.3) is 21.9 Å². The van der Waals surface area contributed by atoms with E-state index in [-0.39, 0.29) is 16.4 Å². The molecular weight excluding hydrogens is 372 g/mol. The molecule has 3 nitrogen and oxygen atoms in total. The molecule has 6 rings (SSSR count). The zero-order valence-electron chi connectivity index (χ0n) is 17.7. The number of aromatic carboxylic acids is 1. The number of carboxylic acids is 1. The number of benzene rings is 3. The van der Waals surface area contributed by atoms with Crippen molar-refractivity contribution >= 4 is 16.7 Å². The highest BCUT2D eigenvalue weighted by Crippen LogP contribution is 2.74. The lowest BCUT2D eigenvalue weighted by Gasteiger charge is -2.43. The van der Waals surface area contributed by atoms with Crippen LogP contribution in [-0.2, 0) is 5.41 Å². The van der Waals surface area contributed by atoms with Crippen LogP contribution in [0.3, 0.4) is 0 Å². The molecule has 3 aromatic carbocycles. The molecule has 0 saturated heterocycles. The average molecular weight is 399 g/mol. The van der Waals surface area contributed by atoms with Crippen molar-refractivity contribution in [2.24, 2.45) is 11.3 Å². The molecule has 3 atom stereocenters. The maximum atomic E-state index is 11.3. The zero-order valence-corrected chi connectivity index (χ0v) is 17.7. The highest BCUT2D eigenvalue weighted by molar-refractivity contribution is 5.95. The minimum absolute atomic E-state index is 0.0866. The summed E-state index contributed by atoms with van der Waals surface area (Å²) in [5.74, 6) is 0.890. The van der Waals surface area contributed by atoms with Crippen molar-refractivity contribution in [3.63, 3.8) is 0 Å². The Balaban J connectivity index is 1.48. The van der Waals surface area contributed by atoms with Crippen LogP contribution >= 0.6 is 0 Å². The standard InChI is InChI=1S/C27H26O3/c1-25(2)21-10-11-27(25)22-14-19(8-9-23(22)30-26(27,3)15-21)17-4-5-18-13-20(24(28)29)7-6-16(18)12-17/h4-9,12-14,21H,10-11,15H2,1-3H3,(H,28,29). The van der Waals surface area contributed by atoms with Gasteiger partial charge in [-0.3, -0.25) is 0 Å². The number of carbonyl (C=O) groups is 1. The van der Waals surface area contributed by atoms with Gasteiger partial charge in [-0.25, -0.2) is 4.79 Å². The van der Waals surface area contributed by atoms with Crippen molar-refractivity contribution in [3.05, 3.63) is 65.7 Å². The van der Waals surface area contributed by atoms with E-state index in [9.17, 15) is 9.90 Å². The van der Waals surface area contributed by atoms with E-state index in [1.54, 1.807) is 12.1 Å². The van der Waals surface area contributed by atoms with Crippen LogP contribution in [0, 0.1) is 11.3 Å². The van der Waals surface area contributed by atoms with E-state index in [4.69, 9.17) is 4.74 Å². The van der Waals surface area contributed by atoms with Gasteiger partial charge in [0.15, 0.2) is 0 Å². The first-order valence-corrected chi connectivity index (χ1v) is 10.9. The third-order valence-electron chi connectivity index (χ3n) is 8.72. The number of hydrogen-bond acceptors (Lipinski definition) is 2. The lowest BCUT2D eigenvalue weighted by molar-refractivity contribution is 0.0227. The summed E-state index contributed by atoms with van der Waals surface area (Å²) in [4.78, 5) is 11.3. The fraction of sp³-hybridized carbons (Fsp3) is 0.370. The van der Waals surface area contributed by atoms with Gasteiger partial charge in [-0.2, -0.15) is 0 Å². The van der Waals surface area contributed by atoms with Crippen LogP contribution in [0.5, 0.6) is 5.75 Å². The number of fused-ring (bicyclic) bond motifs is 3. The molecule has 3 aromatic rings. The van der Waals surface area contributed by atoms with Crippen molar-refractivity contribution in [1.29, 1.82) is 0 Å². The van der Waals surface area contributed by atoms with Gasteiger partial charge in [0.25, 0.3) is 0 Å². The van der Waals surface area contributed by atoms with Crippen molar-refractivity contribution in [1.82, 2.24) is 0 Å². The Hall–Kier alpha value is -2.81. The van der Waals surface area contributed by atoms with Gasteiger partial charge in [-0.15, -0.1) is 0 Å². The van der Waals surface area contributed by atoms with E-state index in [1.165, 1.54) is 24.0 Å². The second kappa shape index (κ2) is 5.46. The molecule has 0 radical (unpaired) electrons. The first kappa shape index (κ1) is 18.0. The summed E-state index contributed by atoms with van der Waals surface area (Å²) in [5, 5.41) is 11.2. The lowest BCUT2D eigenvalue weighted by Crippen LogP contribution is -2.50. The maximum Gasteiger partial charge on any atom is 0.335 e. The fourth-order valence-corrected chi connectivity index (χ4v) is 7.20. The van der Waals surface area contributed by atoms with Crippen molar-refractivity contribution < 1.29 is 14.6 Å². The summed E-state index contributed by atoms with van der Waals surface area (Å²) in [6, 6.07) is 18.3. The average Bonchev–Trinajstić information content (AvgIpc) is 3.21. The quantitative estimate of drug-likeness (QED) is 0.541. The molecule has 2 aliphatic carbocycles. The molecule has 2 bridgehead atoms. The van der Waals surface area contributed by atoms with Gasteiger partial charge in [0, 0.05) is 11.0 Å². The first-order chi connectivity index (χ1) is 14.2. The Morgan fingerprint density at radius 2 is 1.67 bits per heavy atom. The molecule has 1 N–H and O–H groups in total. The van der Waals surface area contributed by atoms with Gasteiger partial charge in [0.1, 0.15) is 11.4 Å². The molecule has 1 spiro atoms. The Labute approximate surface area is 176 Å². The van der Waals surface area contributed by atoms with E-state index < -0.39 is 5.97 Å². The molecule has 2 fully saturated rings. The van der Waals surface area contributed by atoms with Gasteiger partial charge in [0.2, 0.25) is 0 Å². The van der Waals surface area contributed by atoms with Crippen LogP contribution in [0.4, 0.5) is 0 Å². The van der Waals surface area contributed by atoms with Crippen molar-refractivity contribution in [3.8, 4) is 16.9 Å². The summed E-state index contributed by atoms with van der Waals surface area (Å²) in [6.45, 7) is 7.21. The summed E-state index contributed by atoms with van der Waals surface area (Å²) >= 11 is 0. The molecule has 2 saturated carbocycles. The van der Waals surface area contributed by atoms with E-state index in [2.05, 4.69) is 51.1 Å². The van der Waals surface area contributed by atoms with E-state index in [0.717, 1.165) is 34.4 Å². The molecule has 3 heteroatoms. The second-order valence-electron chi connectivity index (χ2n) is 10.2. The minimum Gasteiger partial charge on any atom is -0.486 e. The van der Waals surface area contributed by atoms with Crippen LogP contribution in [0.2, 0.25) is 0 Å². The largest absolute Gasteiger partial charge is 0.486 e. The Kier molecular flexibility index (Phi) is 3.27. The Morgan fingerprint density at radius 3 is 2.43 bits per heavy atom. The predicted molar refractivity (Wildman–Crippen MR) is 118 cm³/mol. The van der Waals surface area contributed by atoms with Crippen LogP contribution in [0.15, 0.2) is 54.6 Å². The van der Waals surface area contributed by atoms with E-state index in [0.29, 0.717) is 5.56 Å². The summed E-state index contributed by atoms with van der Waals surface area (Å²) in [5.41, 5.74) is 4.29. The fourth-order valence-electron chi connectivity index (χ4n) is 7.20. The molecule has 30 heavy (non-hydrogen) atoms. The lowest BCUT2D eigenvalue weighted by atomic mass is 9.61. The van der Waals surface area contributed by atoms with Gasteiger partial charge in [0.05, 0.1) is 5.56 Å². The maximum absolute atomic E-state index is 11.3. The first-order valence-electron chi connectivity index (χ1n) is 10.9. The van der Waals surface area contributed by atoms with Gasteiger partial charge < -0.3 is 9.84 Å². The molecule has 0 amide bonds. The third-order valence-corrected chi connectivity index (χ3v) is 8.72. The molecule has 152 valence electrons. The predicted octanol–water partition coefficient (Wildman–Crippen LogP) is 6.43. The van der Waals surface area contributed by atoms with Gasteiger partial charge >= 0.3 is 5.97 Å². The molecule has 1 aliphatic heterocycles. The Morgan fingerprint density at radius 1 is 0.967 bits per heavy atom. The van der Waals surface area contributed by atoms with Gasteiger partial charge in [-0.05, 0) is 89.8 Å². The molecule has 3 aliphatic rings. The SMILES string of the molecule is CC12CC3CCC1(c1cc(-c4ccc5cc(C(=O)O)ccc5c4)ccc1O2)C3(C)C. The molecule has 0 aromatic heterocycles. The summed E-state index contributed by atoms with van der Waals surface area (Å²) in [7, 11) is 0. The van der Waals surface area contributed by atoms with Crippen molar-refractivity contribution in [2.75, 3.05) is 0 Å². The topological polar surface area (TPSA) is 46.5 Å². The highest BCUT2D eigenvalue weighted by Gasteiger charge is 2.74. The summed E-state index contributed by atoms with van der Waals surface area (Å²) in [6.07, 6.45) is 3.64.